The zero-order valence-electron chi connectivity index (χ0n) is 8.86. The standard InChI is InChI=1S/C13H10Cl2O2/c14-10-2-4-11(5-3-10)17-8-9-1-6-13(16)12(15)7-9/h1-7,16H,8H2. The number of benzene rings is 2. The third-order valence-electron chi connectivity index (χ3n) is 2.23. The van der Waals surface area contributed by atoms with Crippen LogP contribution < -0.4 is 4.74 Å². The summed E-state index contributed by atoms with van der Waals surface area (Å²) >= 11 is 11.6. The Bertz CT molecular complexity index is 509. The normalized spacial score (nSPS) is 10.2. The van der Waals surface area contributed by atoms with Crippen molar-refractivity contribution in [3.63, 3.8) is 0 Å². The molecule has 0 aromatic heterocycles. The number of aromatic hydroxyl groups is 1. The summed E-state index contributed by atoms with van der Waals surface area (Å²) in [4.78, 5) is 0. The van der Waals surface area contributed by atoms with Crippen LogP contribution >= 0.6 is 23.2 Å². The average molecular weight is 269 g/mol. The Labute approximate surface area is 109 Å². The molecule has 88 valence electrons. The molecule has 0 aliphatic rings. The first-order valence-corrected chi connectivity index (χ1v) is 5.76. The first kappa shape index (κ1) is 12.1. The van der Waals surface area contributed by atoms with Crippen molar-refractivity contribution in [1.29, 1.82) is 0 Å². The van der Waals surface area contributed by atoms with Crippen molar-refractivity contribution in [2.45, 2.75) is 6.61 Å². The topological polar surface area (TPSA) is 29.5 Å². The van der Waals surface area contributed by atoms with E-state index in [4.69, 9.17) is 27.9 Å². The fraction of sp³-hybridized carbons (Fsp3) is 0.0769. The summed E-state index contributed by atoms with van der Waals surface area (Å²) < 4.78 is 5.54. The Kier molecular flexibility index (Phi) is 3.77. The minimum absolute atomic E-state index is 0.0712. The van der Waals surface area contributed by atoms with Gasteiger partial charge in [0, 0.05) is 5.02 Å². The van der Waals surface area contributed by atoms with E-state index < -0.39 is 0 Å². The minimum Gasteiger partial charge on any atom is -0.506 e. The zero-order chi connectivity index (χ0) is 12.3. The lowest BCUT2D eigenvalue weighted by Crippen LogP contribution is -1.94. The number of rotatable bonds is 3. The van der Waals surface area contributed by atoms with Gasteiger partial charge >= 0.3 is 0 Å². The first-order chi connectivity index (χ1) is 8.15. The summed E-state index contributed by atoms with van der Waals surface area (Å²) in [7, 11) is 0. The fourth-order valence-corrected chi connectivity index (χ4v) is 1.67. The fourth-order valence-electron chi connectivity index (χ4n) is 1.34. The summed E-state index contributed by atoms with van der Waals surface area (Å²) in [5.41, 5.74) is 0.891. The van der Waals surface area contributed by atoms with Crippen LogP contribution in [0.2, 0.25) is 10.0 Å². The quantitative estimate of drug-likeness (QED) is 0.901. The highest BCUT2D eigenvalue weighted by molar-refractivity contribution is 6.32. The number of hydrogen-bond donors (Lipinski definition) is 1. The summed E-state index contributed by atoms with van der Waals surface area (Å²) in [5.74, 6) is 0.806. The molecule has 0 heterocycles. The third kappa shape index (κ3) is 3.29. The summed E-state index contributed by atoms with van der Waals surface area (Å²) in [5, 5.41) is 10.3. The van der Waals surface area contributed by atoms with E-state index in [2.05, 4.69) is 0 Å². The predicted molar refractivity (Wildman–Crippen MR) is 68.9 cm³/mol. The molecule has 2 aromatic rings. The molecular formula is C13H10Cl2O2. The van der Waals surface area contributed by atoms with Gasteiger partial charge in [0.2, 0.25) is 0 Å². The number of phenols is 1. The molecule has 0 bridgehead atoms. The number of phenolic OH excluding ortho intramolecular Hbond substituents is 1. The Hall–Kier alpha value is -1.38. The van der Waals surface area contributed by atoms with E-state index >= 15 is 0 Å². The summed E-state index contributed by atoms with van der Waals surface area (Å²) in [6.07, 6.45) is 0. The van der Waals surface area contributed by atoms with Gasteiger partial charge < -0.3 is 9.84 Å². The van der Waals surface area contributed by atoms with Gasteiger partial charge in [-0.1, -0.05) is 29.3 Å². The van der Waals surface area contributed by atoms with Crippen LogP contribution in [0.5, 0.6) is 11.5 Å². The lowest BCUT2D eigenvalue weighted by Gasteiger charge is -2.07. The second kappa shape index (κ2) is 5.30. The molecule has 2 nitrogen and oxygen atoms in total. The van der Waals surface area contributed by atoms with Crippen LogP contribution in [0.3, 0.4) is 0 Å². The van der Waals surface area contributed by atoms with E-state index in [1.807, 2.05) is 0 Å². The van der Waals surface area contributed by atoms with Crippen LogP contribution in [0.4, 0.5) is 0 Å². The van der Waals surface area contributed by atoms with Crippen molar-refractivity contribution >= 4 is 23.2 Å². The first-order valence-electron chi connectivity index (χ1n) is 5.01. The number of hydrogen-bond acceptors (Lipinski definition) is 2. The van der Waals surface area contributed by atoms with Crippen LogP contribution in [-0.4, -0.2) is 5.11 Å². The molecule has 17 heavy (non-hydrogen) atoms. The maximum Gasteiger partial charge on any atom is 0.134 e. The van der Waals surface area contributed by atoms with Crippen LogP contribution in [0.25, 0.3) is 0 Å². The maximum atomic E-state index is 9.27. The summed E-state index contributed by atoms with van der Waals surface area (Å²) in [6.45, 7) is 0.391. The van der Waals surface area contributed by atoms with Crippen molar-refractivity contribution in [1.82, 2.24) is 0 Å². The van der Waals surface area contributed by atoms with E-state index in [1.165, 1.54) is 0 Å². The largest absolute Gasteiger partial charge is 0.506 e. The number of ether oxygens (including phenoxy) is 1. The van der Waals surface area contributed by atoms with Gasteiger partial charge in [-0.15, -0.1) is 0 Å². The molecule has 0 spiro atoms. The molecule has 0 aliphatic carbocycles. The molecule has 0 radical (unpaired) electrons. The predicted octanol–water partition coefficient (Wildman–Crippen LogP) is 4.28. The Morgan fingerprint density at radius 3 is 2.35 bits per heavy atom. The second-order valence-electron chi connectivity index (χ2n) is 3.53. The zero-order valence-corrected chi connectivity index (χ0v) is 10.4. The van der Waals surface area contributed by atoms with Crippen molar-refractivity contribution in [3.8, 4) is 11.5 Å². The van der Waals surface area contributed by atoms with E-state index in [0.29, 0.717) is 16.7 Å². The van der Waals surface area contributed by atoms with Gasteiger partial charge in [-0.2, -0.15) is 0 Å². The lowest BCUT2D eigenvalue weighted by molar-refractivity contribution is 0.306. The van der Waals surface area contributed by atoms with Crippen LogP contribution in [0.1, 0.15) is 5.56 Å². The molecule has 2 aromatic carbocycles. The van der Waals surface area contributed by atoms with E-state index in [0.717, 1.165) is 11.3 Å². The molecule has 0 saturated carbocycles. The monoisotopic (exact) mass is 268 g/mol. The van der Waals surface area contributed by atoms with Gasteiger partial charge in [0.25, 0.3) is 0 Å². The van der Waals surface area contributed by atoms with Gasteiger partial charge in [0.1, 0.15) is 18.1 Å². The Morgan fingerprint density at radius 1 is 1.00 bits per heavy atom. The van der Waals surface area contributed by atoms with Crippen LogP contribution in [0.15, 0.2) is 42.5 Å². The molecule has 0 aliphatic heterocycles. The average Bonchev–Trinajstić information content (AvgIpc) is 2.33. The van der Waals surface area contributed by atoms with Gasteiger partial charge in [0.15, 0.2) is 0 Å². The second-order valence-corrected chi connectivity index (χ2v) is 4.37. The SMILES string of the molecule is Oc1ccc(COc2ccc(Cl)cc2)cc1Cl. The molecule has 0 atom stereocenters. The molecular weight excluding hydrogens is 259 g/mol. The van der Waals surface area contributed by atoms with E-state index in [-0.39, 0.29) is 5.75 Å². The van der Waals surface area contributed by atoms with Crippen molar-refractivity contribution in [3.05, 3.63) is 58.1 Å². The third-order valence-corrected chi connectivity index (χ3v) is 2.79. The molecule has 0 fully saturated rings. The van der Waals surface area contributed by atoms with Gasteiger partial charge in [-0.25, -0.2) is 0 Å². The summed E-state index contributed by atoms with van der Waals surface area (Å²) in [6, 6.07) is 12.1. The van der Waals surface area contributed by atoms with Gasteiger partial charge in [-0.05, 0) is 42.0 Å². The van der Waals surface area contributed by atoms with Gasteiger partial charge in [-0.3, -0.25) is 0 Å². The van der Waals surface area contributed by atoms with E-state index in [1.54, 1.807) is 42.5 Å². The minimum atomic E-state index is 0.0712. The Balaban J connectivity index is 2.02. The molecule has 0 amide bonds. The molecule has 0 unspecified atom stereocenters. The maximum absolute atomic E-state index is 9.27. The van der Waals surface area contributed by atoms with E-state index in [9.17, 15) is 5.11 Å². The molecule has 2 rings (SSSR count). The van der Waals surface area contributed by atoms with Crippen LogP contribution in [-0.2, 0) is 6.61 Å². The molecule has 1 N–H and O–H groups in total. The van der Waals surface area contributed by atoms with Gasteiger partial charge in [0.05, 0.1) is 5.02 Å². The highest BCUT2D eigenvalue weighted by atomic mass is 35.5. The van der Waals surface area contributed by atoms with Crippen molar-refractivity contribution in [2.75, 3.05) is 0 Å². The van der Waals surface area contributed by atoms with Crippen LogP contribution in [0, 0.1) is 0 Å². The smallest absolute Gasteiger partial charge is 0.134 e. The highest BCUT2D eigenvalue weighted by Gasteiger charge is 2.01. The van der Waals surface area contributed by atoms with Crippen molar-refractivity contribution in [2.24, 2.45) is 0 Å². The van der Waals surface area contributed by atoms with Crippen molar-refractivity contribution < 1.29 is 9.84 Å². The highest BCUT2D eigenvalue weighted by Crippen LogP contribution is 2.24. The number of halogens is 2. The lowest BCUT2D eigenvalue weighted by atomic mass is 10.2. The molecule has 0 saturated heterocycles. The Morgan fingerprint density at radius 2 is 1.71 bits per heavy atom. The molecule has 4 heteroatoms.